The van der Waals surface area contributed by atoms with Crippen LogP contribution in [0.3, 0.4) is 0 Å². The van der Waals surface area contributed by atoms with E-state index >= 15 is 0 Å². The van der Waals surface area contributed by atoms with Crippen LogP contribution in [0.25, 0.3) is 6.08 Å². The van der Waals surface area contributed by atoms with Crippen molar-refractivity contribution in [2.45, 2.75) is 0 Å². The second kappa shape index (κ2) is 7.74. The Bertz CT molecular complexity index is 586. The van der Waals surface area contributed by atoms with Gasteiger partial charge in [-0.1, -0.05) is 12.1 Å². The van der Waals surface area contributed by atoms with Gasteiger partial charge in [0, 0.05) is 6.08 Å². The highest BCUT2D eigenvalue weighted by atomic mass is 16.5. The van der Waals surface area contributed by atoms with Crippen LogP contribution in [0.5, 0.6) is 11.5 Å². The van der Waals surface area contributed by atoms with E-state index in [0.29, 0.717) is 17.1 Å². The number of hydrogen-bond donors (Lipinski definition) is 1. The summed E-state index contributed by atoms with van der Waals surface area (Å²) < 4.78 is 14.5. The van der Waals surface area contributed by atoms with Crippen LogP contribution in [0.1, 0.15) is 5.56 Å². The first-order chi connectivity index (χ1) is 10.0. The molecule has 21 heavy (non-hydrogen) atoms. The van der Waals surface area contributed by atoms with Gasteiger partial charge in [0.25, 0.3) is 0 Å². The van der Waals surface area contributed by atoms with Crippen LogP contribution < -0.4 is 9.47 Å². The molecule has 0 aromatic heterocycles. The zero-order chi connectivity index (χ0) is 15.8. The highest BCUT2D eigenvalue weighted by molar-refractivity contribution is 6.05. The molecule has 0 radical (unpaired) electrons. The van der Waals surface area contributed by atoms with Crippen LogP contribution in [0, 0.1) is 0 Å². The number of ketones is 1. The number of aliphatic hydroxyl groups excluding tert-OH is 1. The third-order valence-electron chi connectivity index (χ3n) is 2.52. The van der Waals surface area contributed by atoms with Crippen molar-refractivity contribution in [3.05, 3.63) is 41.7 Å². The van der Waals surface area contributed by atoms with Gasteiger partial charge in [-0.15, -0.1) is 0 Å². The standard InChI is InChI=1S/C15H16O6/c1-19-13-7-5-10(8-14(13)20-2)4-6-11(16)9-12(17)15(18)21-3/h4-9,17H,1-3H3/b6-4+,12-9-. The van der Waals surface area contributed by atoms with Crippen LogP contribution >= 0.6 is 0 Å². The van der Waals surface area contributed by atoms with Crippen molar-refractivity contribution < 1.29 is 28.9 Å². The van der Waals surface area contributed by atoms with Gasteiger partial charge in [-0.05, 0) is 23.8 Å². The molecule has 1 rings (SSSR count). The maximum absolute atomic E-state index is 11.5. The third kappa shape index (κ3) is 4.68. The summed E-state index contributed by atoms with van der Waals surface area (Å²) in [5.41, 5.74) is 0.701. The lowest BCUT2D eigenvalue weighted by Crippen LogP contribution is -2.05. The number of allylic oxidation sites excluding steroid dienone is 2. The molecule has 0 saturated carbocycles. The Labute approximate surface area is 122 Å². The molecule has 6 nitrogen and oxygen atoms in total. The zero-order valence-electron chi connectivity index (χ0n) is 12.0. The Hall–Kier alpha value is -2.76. The predicted molar refractivity (Wildman–Crippen MR) is 76.3 cm³/mol. The maximum Gasteiger partial charge on any atom is 0.373 e. The van der Waals surface area contributed by atoms with E-state index in [1.54, 1.807) is 18.2 Å². The van der Waals surface area contributed by atoms with Crippen molar-refractivity contribution in [2.24, 2.45) is 0 Å². The molecule has 0 aliphatic carbocycles. The smallest absolute Gasteiger partial charge is 0.373 e. The summed E-state index contributed by atoms with van der Waals surface area (Å²) in [5, 5.41) is 9.23. The van der Waals surface area contributed by atoms with Crippen molar-refractivity contribution in [1.82, 2.24) is 0 Å². The molecule has 0 heterocycles. The zero-order valence-corrected chi connectivity index (χ0v) is 12.0. The van der Waals surface area contributed by atoms with Crippen LogP contribution in [-0.4, -0.2) is 38.2 Å². The maximum atomic E-state index is 11.5. The number of hydrogen-bond acceptors (Lipinski definition) is 6. The molecule has 0 unspecified atom stereocenters. The Morgan fingerprint density at radius 3 is 2.33 bits per heavy atom. The summed E-state index contributed by atoms with van der Waals surface area (Å²) >= 11 is 0. The van der Waals surface area contributed by atoms with Crippen molar-refractivity contribution >= 4 is 17.8 Å². The minimum Gasteiger partial charge on any atom is -0.502 e. The van der Waals surface area contributed by atoms with Crippen molar-refractivity contribution in [3.8, 4) is 11.5 Å². The third-order valence-corrected chi connectivity index (χ3v) is 2.52. The fraction of sp³-hybridized carbons (Fsp3) is 0.200. The molecule has 0 atom stereocenters. The topological polar surface area (TPSA) is 82.1 Å². The fourth-order valence-corrected chi connectivity index (χ4v) is 1.48. The Morgan fingerprint density at radius 2 is 1.76 bits per heavy atom. The van der Waals surface area contributed by atoms with Crippen molar-refractivity contribution in [1.29, 1.82) is 0 Å². The second-order valence-electron chi connectivity index (χ2n) is 3.87. The van der Waals surface area contributed by atoms with Crippen molar-refractivity contribution in [2.75, 3.05) is 21.3 Å². The summed E-state index contributed by atoms with van der Waals surface area (Å²) in [6.45, 7) is 0. The number of benzene rings is 1. The van der Waals surface area contributed by atoms with Gasteiger partial charge in [0.1, 0.15) is 0 Å². The number of carbonyl (C=O) groups excluding carboxylic acids is 2. The first kappa shape index (κ1) is 16.3. The molecule has 1 N–H and O–H groups in total. The average Bonchev–Trinajstić information content (AvgIpc) is 2.51. The van der Waals surface area contributed by atoms with Crippen LogP contribution in [0.15, 0.2) is 36.1 Å². The van der Waals surface area contributed by atoms with E-state index in [2.05, 4.69) is 4.74 Å². The second-order valence-corrected chi connectivity index (χ2v) is 3.87. The number of methoxy groups -OCH3 is 3. The summed E-state index contributed by atoms with van der Waals surface area (Å²) in [6, 6.07) is 5.12. The van der Waals surface area contributed by atoms with Crippen molar-refractivity contribution in [3.63, 3.8) is 0 Å². The summed E-state index contributed by atoms with van der Waals surface area (Å²) in [4.78, 5) is 22.5. The molecule has 0 fully saturated rings. The van der Waals surface area contributed by atoms with E-state index in [1.165, 1.54) is 26.4 Å². The lowest BCUT2D eigenvalue weighted by atomic mass is 10.1. The lowest BCUT2D eigenvalue weighted by Gasteiger charge is -2.07. The number of rotatable bonds is 6. The summed E-state index contributed by atoms with van der Waals surface area (Å²) in [6.07, 6.45) is 3.51. The van der Waals surface area contributed by atoms with Gasteiger partial charge < -0.3 is 19.3 Å². The minimum atomic E-state index is -0.970. The Kier molecular flexibility index (Phi) is 6.00. The van der Waals surface area contributed by atoms with Gasteiger partial charge in [0.2, 0.25) is 5.76 Å². The van der Waals surface area contributed by atoms with Gasteiger partial charge in [-0.2, -0.15) is 0 Å². The molecule has 1 aromatic rings. The molecule has 0 aliphatic rings. The highest BCUT2D eigenvalue weighted by Gasteiger charge is 2.08. The van der Waals surface area contributed by atoms with Crippen LogP contribution in [-0.2, 0) is 14.3 Å². The quantitative estimate of drug-likeness (QED) is 0.490. The molecule has 6 heteroatoms. The molecule has 0 aliphatic heterocycles. The molecule has 0 bridgehead atoms. The number of ether oxygens (including phenoxy) is 3. The Morgan fingerprint density at radius 1 is 1.10 bits per heavy atom. The monoisotopic (exact) mass is 292 g/mol. The number of carbonyl (C=O) groups is 2. The van der Waals surface area contributed by atoms with Crippen LogP contribution in [0.4, 0.5) is 0 Å². The van der Waals surface area contributed by atoms with E-state index in [-0.39, 0.29) is 0 Å². The largest absolute Gasteiger partial charge is 0.502 e. The normalized spacial score (nSPS) is 11.3. The molecule has 0 spiro atoms. The molecule has 0 saturated heterocycles. The highest BCUT2D eigenvalue weighted by Crippen LogP contribution is 2.27. The van der Waals surface area contributed by atoms with Gasteiger partial charge >= 0.3 is 5.97 Å². The molecule has 0 amide bonds. The SMILES string of the molecule is COC(=O)/C(O)=C/C(=O)/C=C/c1ccc(OC)c(OC)c1. The molecule has 1 aromatic carbocycles. The molecular weight excluding hydrogens is 276 g/mol. The van der Waals surface area contributed by atoms with E-state index in [4.69, 9.17) is 9.47 Å². The number of aliphatic hydroxyl groups is 1. The van der Waals surface area contributed by atoms with E-state index in [9.17, 15) is 14.7 Å². The Balaban J connectivity index is 2.86. The molecule has 112 valence electrons. The molecular formula is C15H16O6. The van der Waals surface area contributed by atoms with Gasteiger partial charge in [-0.25, -0.2) is 4.79 Å². The van der Waals surface area contributed by atoms with Gasteiger partial charge in [0.15, 0.2) is 17.3 Å². The minimum absolute atomic E-state index is 0.528. The average molecular weight is 292 g/mol. The summed E-state index contributed by atoms with van der Waals surface area (Å²) in [5.74, 6) is -1.17. The van der Waals surface area contributed by atoms with E-state index < -0.39 is 17.5 Å². The van der Waals surface area contributed by atoms with Gasteiger partial charge in [-0.3, -0.25) is 4.79 Å². The first-order valence-electron chi connectivity index (χ1n) is 5.95. The summed E-state index contributed by atoms with van der Waals surface area (Å²) in [7, 11) is 4.14. The van der Waals surface area contributed by atoms with E-state index in [0.717, 1.165) is 13.2 Å². The van der Waals surface area contributed by atoms with Crippen LogP contribution in [0.2, 0.25) is 0 Å². The van der Waals surface area contributed by atoms with Gasteiger partial charge in [0.05, 0.1) is 21.3 Å². The number of esters is 1. The lowest BCUT2D eigenvalue weighted by molar-refractivity contribution is -0.139. The fourth-order valence-electron chi connectivity index (χ4n) is 1.48. The predicted octanol–water partition coefficient (Wildman–Crippen LogP) is 1.90. The first-order valence-corrected chi connectivity index (χ1v) is 5.95. The van der Waals surface area contributed by atoms with E-state index in [1.807, 2.05) is 0 Å².